The number of hydrogen-bond donors (Lipinski definition) is 1. The highest BCUT2D eigenvalue weighted by atomic mass is 16.5. The van der Waals surface area contributed by atoms with E-state index < -0.39 is 5.54 Å². The first-order chi connectivity index (χ1) is 8.18. The monoisotopic (exact) mass is 256 g/mol. The van der Waals surface area contributed by atoms with Gasteiger partial charge in [0.05, 0.1) is 18.8 Å². The molecule has 1 aliphatic heterocycles. The molecule has 1 saturated heterocycles. The average Bonchev–Trinajstić information content (AvgIpc) is 2.23. The standard InChI is InChI=1S/C13H24N2O3/c1-6-13(5)11(17)15(9-10(16)14-13)7-8-18-12(2,3)4/h6-9H2,1-5H3,(H,14,16). The molecule has 0 aromatic heterocycles. The summed E-state index contributed by atoms with van der Waals surface area (Å²) in [5.74, 6) is -0.128. The quantitative estimate of drug-likeness (QED) is 0.814. The summed E-state index contributed by atoms with van der Waals surface area (Å²) in [7, 11) is 0. The Balaban J connectivity index is 2.59. The highest BCUT2D eigenvalue weighted by molar-refractivity contribution is 5.97. The van der Waals surface area contributed by atoms with Gasteiger partial charge in [0.25, 0.3) is 0 Å². The molecule has 1 fully saturated rings. The number of hydrogen-bond acceptors (Lipinski definition) is 3. The molecule has 0 aliphatic carbocycles. The van der Waals surface area contributed by atoms with Gasteiger partial charge in [-0.15, -0.1) is 0 Å². The molecule has 1 N–H and O–H groups in total. The second-order valence-corrected chi connectivity index (χ2v) is 5.92. The number of amides is 2. The summed E-state index contributed by atoms with van der Waals surface area (Å²) < 4.78 is 5.59. The van der Waals surface area contributed by atoms with E-state index in [0.717, 1.165) is 0 Å². The van der Waals surface area contributed by atoms with Crippen molar-refractivity contribution in [3.63, 3.8) is 0 Å². The van der Waals surface area contributed by atoms with Crippen molar-refractivity contribution in [2.45, 2.75) is 52.2 Å². The van der Waals surface area contributed by atoms with E-state index in [-0.39, 0.29) is 24.0 Å². The van der Waals surface area contributed by atoms with Crippen molar-refractivity contribution in [2.24, 2.45) is 0 Å². The molecule has 0 aromatic carbocycles. The number of nitrogens with one attached hydrogen (secondary N) is 1. The van der Waals surface area contributed by atoms with Gasteiger partial charge in [0.2, 0.25) is 11.8 Å². The number of carbonyl (C=O) groups excluding carboxylic acids is 2. The van der Waals surface area contributed by atoms with Gasteiger partial charge in [0.1, 0.15) is 5.54 Å². The number of ether oxygens (including phenoxy) is 1. The molecule has 5 nitrogen and oxygen atoms in total. The topological polar surface area (TPSA) is 58.6 Å². The maximum atomic E-state index is 12.2. The third kappa shape index (κ3) is 3.70. The van der Waals surface area contributed by atoms with Crippen molar-refractivity contribution in [3.05, 3.63) is 0 Å². The van der Waals surface area contributed by atoms with Gasteiger partial charge in [-0.25, -0.2) is 0 Å². The van der Waals surface area contributed by atoms with Crippen LogP contribution in [0.3, 0.4) is 0 Å². The van der Waals surface area contributed by atoms with E-state index in [0.29, 0.717) is 19.6 Å². The smallest absolute Gasteiger partial charge is 0.248 e. The molecule has 1 unspecified atom stereocenters. The van der Waals surface area contributed by atoms with E-state index in [4.69, 9.17) is 4.74 Å². The molecule has 0 spiro atoms. The minimum Gasteiger partial charge on any atom is -0.374 e. The van der Waals surface area contributed by atoms with Crippen LogP contribution in [0.2, 0.25) is 0 Å². The lowest BCUT2D eigenvalue weighted by Gasteiger charge is -2.39. The summed E-state index contributed by atoms with van der Waals surface area (Å²) >= 11 is 0. The largest absolute Gasteiger partial charge is 0.374 e. The Morgan fingerprint density at radius 3 is 2.50 bits per heavy atom. The normalized spacial score (nSPS) is 25.3. The Morgan fingerprint density at radius 2 is 2.00 bits per heavy atom. The SMILES string of the molecule is CCC1(C)NC(=O)CN(CCOC(C)(C)C)C1=O. The molecule has 0 bridgehead atoms. The number of piperazine rings is 1. The summed E-state index contributed by atoms with van der Waals surface area (Å²) in [4.78, 5) is 25.4. The molecular weight excluding hydrogens is 232 g/mol. The highest BCUT2D eigenvalue weighted by Gasteiger charge is 2.41. The highest BCUT2D eigenvalue weighted by Crippen LogP contribution is 2.17. The zero-order valence-electron chi connectivity index (χ0n) is 12.0. The van der Waals surface area contributed by atoms with Crippen LogP contribution < -0.4 is 5.32 Å². The van der Waals surface area contributed by atoms with E-state index in [2.05, 4.69) is 5.32 Å². The third-order valence-corrected chi connectivity index (χ3v) is 3.11. The van der Waals surface area contributed by atoms with Gasteiger partial charge in [-0.05, 0) is 34.1 Å². The van der Waals surface area contributed by atoms with Gasteiger partial charge in [-0.1, -0.05) is 6.92 Å². The molecule has 0 radical (unpaired) electrons. The molecule has 2 amide bonds. The van der Waals surface area contributed by atoms with E-state index >= 15 is 0 Å². The maximum Gasteiger partial charge on any atom is 0.248 e. The first kappa shape index (κ1) is 15.0. The lowest BCUT2D eigenvalue weighted by atomic mass is 9.94. The van der Waals surface area contributed by atoms with Crippen molar-refractivity contribution in [3.8, 4) is 0 Å². The molecule has 1 heterocycles. The maximum absolute atomic E-state index is 12.2. The summed E-state index contributed by atoms with van der Waals surface area (Å²) in [6.45, 7) is 10.6. The first-order valence-electron chi connectivity index (χ1n) is 6.42. The Morgan fingerprint density at radius 1 is 1.39 bits per heavy atom. The van der Waals surface area contributed by atoms with E-state index in [9.17, 15) is 9.59 Å². The van der Waals surface area contributed by atoms with Crippen LogP contribution in [-0.2, 0) is 14.3 Å². The second-order valence-electron chi connectivity index (χ2n) is 5.92. The fraction of sp³-hybridized carbons (Fsp3) is 0.846. The van der Waals surface area contributed by atoms with Crippen LogP contribution in [0.4, 0.5) is 0 Å². The van der Waals surface area contributed by atoms with Crippen LogP contribution in [0.1, 0.15) is 41.0 Å². The molecule has 104 valence electrons. The van der Waals surface area contributed by atoms with Gasteiger partial charge in [-0.2, -0.15) is 0 Å². The van der Waals surface area contributed by atoms with E-state index in [1.54, 1.807) is 11.8 Å². The van der Waals surface area contributed by atoms with Crippen molar-refractivity contribution in [1.29, 1.82) is 0 Å². The van der Waals surface area contributed by atoms with Crippen LogP contribution in [-0.4, -0.2) is 47.6 Å². The first-order valence-corrected chi connectivity index (χ1v) is 6.42. The zero-order chi connectivity index (χ0) is 14.0. The predicted octanol–water partition coefficient (Wildman–Crippen LogP) is 0.929. The van der Waals surface area contributed by atoms with Crippen molar-refractivity contribution in [2.75, 3.05) is 19.7 Å². The minimum atomic E-state index is -0.767. The van der Waals surface area contributed by atoms with Gasteiger partial charge < -0.3 is 15.0 Å². The van der Waals surface area contributed by atoms with Gasteiger partial charge in [0.15, 0.2) is 0 Å². The molecule has 1 aliphatic rings. The van der Waals surface area contributed by atoms with E-state index in [1.165, 1.54) is 0 Å². The van der Waals surface area contributed by atoms with Crippen LogP contribution >= 0.6 is 0 Å². The van der Waals surface area contributed by atoms with Crippen LogP contribution in [0.25, 0.3) is 0 Å². The van der Waals surface area contributed by atoms with E-state index in [1.807, 2.05) is 27.7 Å². The molecule has 1 atom stereocenters. The minimum absolute atomic E-state index is 0.0258. The molecular formula is C13H24N2O3. The molecule has 5 heteroatoms. The van der Waals surface area contributed by atoms with Crippen LogP contribution in [0, 0.1) is 0 Å². The third-order valence-electron chi connectivity index (χ3n) is 3.11. The Hall–Kier alpha value is -1.10. The Bertz CT molecular complexity index is 336. The summed E-state index contributed by atoms with van der Waals surface area (Å²) in [5, 5.41) is 2.76. The van der Waals surface area contributed by atoms with Gasteiger partial charge >= 0.3 is 0 Å². The number of rotatable bonds is 4. The molecule has 0 saturated carbocycles. The lowest BCUT2D eigenvalue weighted by Crippen LogP contribution is -2.65. The average molecular weight is 256 g/mol. The van der Waals surface area contributed by atoms with Crippen molar-refractivity contribution >= 4 is 11.8 Å². The van der Waals surface area contributed by atoms with Crippen LogP contribution in [0.5, 0.6) is 0 Å². The number of nitrogens with zero attached hydrogens (tertiary/aromatic N) is 1. The summed E-state index contributed by atoms with van der Waals surface area (Å²) in [5.41, 5.74) is -0.994. The second kappa shape index (κ2) is 5.26. The fourth-order valence-electron chi connectivity index (χ4n) is 1.88. The summed E-state index contributed by atoms with van der Waals surface area (Å²) in [6, 6.07) is 0. The lowest BCUT2D eigenvalue weighted by molar-refractivity contribution is -0.150. The fourth-order valence-corrected chi connectivity index (χ4v) is 1.88. The Labute approximate surface area is 109 Å². The van der Waals surface area contributed by atoms with Crippen molar-refractivity contribution < 1.29 is 14.3 Å². The summed E-state index contributed by atoms with van der Waals surface area (Å²) in [6.07, 6.45) is 0.591. The van der Waals surface area contributed by atoms with Gasteiger partial charge in [-0.3, -0.25) is 9.59 Å². The van der Waals surface area contributed by atoms with Crippen molar-refractivity contribution in [1.82, 2.24) is 10.2 Å². The Kier molecular flexibility index (Phi) is 4.37. The van der Waals surface area contributed by atoms with Crippen LogP contribution in [0.15, 0.2) is 0 Å². The molecule has 1 rings (SSSR count). The number of carbonyl (C=O) groups is 2. The molecule has 0 aromatic rings. The zero-order valence-corrected chi connectivity index (χ0v) is 12.0. The predicted molar refractivity (Wildman–Crippen MR) is 69.1 cm³/mol. The molecule has 18 heavy (non-hydrogen) atoms. The van der Waals surface area contributed by atoms with Gasteiger partial charge in [0, 0.05) is 6.54 Å².